The van der Waals surface area contributed by atoms with Gasteiger partial charge in [0.1, 0.15) is 0 Å². The largest absolute Gasteiger partial charge is 0.309 e. The number of hydrogen-bond donors (Lipinski definition) is 0. The number of hydrogen-bond acceptors (Lipinski definition) is 3. The summed E-state index contributed by atoms with van der Waals surface area (Å²) in [5, 5.41) is 3.51. The molecule has 0 atom stereocenters. The minimum Gasteiger partial charge on any atom is -0.309 e. The molecule has 0 fully saturated rings. The van der Waals surface area contributed by atoms with Gasteiger partial charge in [0.05, 0.1) is 33.6 Å². The molecule has 0 saturated heterocycles. The second-order valence-corrected chi connectivity index (χ2v) is 12.7. The summed E-state index contributed by atoms with van der Waals surface area (Å²) in [6.07, 6.45) is 4.42. The first kappa shape index (κ1) is 28.3. The minimum absolute atomic E-state index is 0.642. The number of rotatable bonds is 4. The van der Waals surface area contributed by atoms with Crippen molar-refractivity contribution in [2.45, 2.75) is 0 Å². The summed E-state index contributed by atoms with van der Waals surface area (Å²) in [5.41, 5.74) is 13.1. The molecule has 10 rings (SSSR count). The van der Waals surface area contributed by atoms with Crippen molar-refractivity contribution >= 4 is 62.2 Å². The van der Waals surface area contributed by atoms with E-state index in [0.29, 0.717) is 5.95 Å². The molecule has 0 spiro atoms. The number of benzene rings is 7. The highest BCUT2D eigenvalue weighted by atomic mass is 15.3. The molecule has 4 nitrogen and oxygen atoms in total. The summed E-state index contributed by atoms with van der Waals surface area (Å²) in [7, 11) is 0. The van der Waals surface area contributed by atoms with E-state index in [0.717, 1.165) is 55.9 Å². The van der Waals surface area contributed by atoms with Crippen LogP contribution in [0.1, 0.15) is 11.1 Å². The molecule has 4 heteroatoms. The maximum atomic E-state index is 5.29. The van der Waals surface area contributed by atoms with Crippen LogP contribution < -0.4 is 4.90 Å². The van der Waals surface area contributed by atoms with Gasteiger partial charge in [-0.3, -0.25) is 4.90 Å². The van der Waals surface area contributed by atoms with Crippen molar-refractivity contribution in [2.75, 3.05) is 4.90 Å². The fourth-order valence-corrected chi connectivity index (χ4v) is 7.42. The Morgan fingerprint density at radius 1 is 0.400 bits per heavy atom. The summed E-state index contributed by atoms with van der Waals surface area (Å²) in [4.78, 5) is 12.7. The molecule has 0 unspecified atom stereocenters. The van der Waals surface area contributed by atoms with Crippen LogP contribution in [0.15, 0.2) is 170 Å². The fraction of sp³-hybridized carbons (Fsp3) is 0. The number of anilines is 3. The highest BCUT2D eigenvalue weighted by Crippen LogP contribution is 2.44. The van der Waals surface area contributed by atoms with Crippen molar-refractivity contribution in [3.63, 3.8) is 0 Å². The van der Waals surface area contributed by atoms with Crippen molar-refractivity contribution in [1.82, 2.24) is 14.5 Å². The Labute approximate surface area is 289 Å². The molecule has 0 aliphatic carbocycles. The molecule has 1 aliphatic rings. The Bertz CT molecular complexity index is 2760. The summed E-state index contributed by atoms with van der Waals surface area (Å²) < 4.78 is 2.36. The number of fused-ring (bicyclic) bond motifs is 6. The molecule has 1 aliphatic heterocycles. The molecule has 2 aromatic heterocycles. The Balaban J connectivity index is 1.15. The van der Waals surface area contributed by atoms with Gasteiger partial charge in [0, 0.05) is 27.4 Å². The summed E-state index contributed by atoms with van der Waals surface area (Å²) >= 11 is 0. The molecule has 0 saturated carbocycles. The molecular weight excluding hydrogens is 609 g/mol. The van der Waals surface area contributed by atoms with Crippen LogP contribution in [-0.4, -0.2) is 14.5 Å². The summed E-state index contributed by atoms with van der Waals surface area (Å²) in [6, 6.07) is 60.0. The van der Waals surface area contributed by atoms with Gasteiger partial charge in [-0.15, -0.1) is 0 Å². The van der Waals surface area contributed by atoms with Crippen molar-refractivity contribution < 1.29 is 0 Å². The molecule has 0 bridgehead atoms. The van der Waals surface area contributed by atoms with Crippen LogP contribution in [0.2, 0.25) is 0 Å². The van der Waals surface area contributed by atoms with Gasteiger partial charge in [-0.1, -0.05) is 127 Å². The lowest BCUT2D eigenvalue weighted by Crippen LogP contribution is -2.15. The Hall–Kier alpha value is -6.78. The highest BCUT2D eigenvalue weighted by molar-refractivity contribution is 6.10. The van der Waals surface area contributed by atoms with Crippen molar-refractivity contribution in [1.29, 1.82) is 0 Å². The zero-order valence-electron chi connectivity index (χ0n) is 27.1. The van der Waals surface area contributed by atoms with E-state index < -0.39 is 0 Å². The first-order valence-electron chi connectivity index (χ1n) is 16.9. The van der Waals surface area contributed by atoms with Gasteiger partial charge < -0.3 is 4.57 Å². The molecule has 0 radical (unpaired) electrons. The topological polar surface area (TPSA) is 34.0 Å². The van der Waals surface area contributed by atoms with Crippen LogP contribution in [0.3, 0.4) is 0 Å². The van der Waals surface area contributed by atoms with E-state index in [1.807, 2.05) is 12.1 Å². The highest BCUT2D eigenvalue weighted by Gasteiger charge is 2.24. The lowest BCUT2D eigenvalue weighted by atomic mass is 9.99. The molecule has 0 amide bonds. The second kappa shape index (κ2) is 11.4. The van der Waals surface area contributed by atoms with Gasteiger partial charge in [0.25, 0.3) is 0 Å². The quantitative estimate of drug-likeness (QED) is 0.192. The second-order valence-electron chi connectivity index (χ2n) is 12.7. The van der Waals surface area contributed by atoms with Gasteiger partial charge in [-0.2, -0.15) is 0 Å². The molecule has 0 N–H and O–H groups in total. The van der Waals surface area contributed by atoms with Crippen LogP contribution in [0, 0.1) is 0 Å². The standard InChI is InChI=1S/C46H30N4/c1-3-14-32(15-4-1)45-38-19-8-10-20-40(38)47-46(48-45)50-41-21-11-7-13-31(41)23-24-35-29-33(25-27-42(35)50)34-26-28-44-39(30-34)37-18-9-12-22-43(37)49(44)36-16-5-2-6-17-36/h1-30H. The monoisotopic (exact) mass is 638 g/mol. The van der Waals surface area contributed by atoms with Gasteiger partial charge in [0.2, 0.25) is 5.95 Å². The van der Waals surface area contributed by atoms with E-state index in [9.17, 15) is 0 Å². The van der Waals surface area contributed by atoms with E-state index >= 15 is 0 Å². The van der Waals surface area contributed by atoms with Gasteiger partial charge >= 0.3 is 0 Å². The average molecular weight is 639 g/mol. The van der Waals surface area contributed by atoms with E-state index in [-0.39, 0.29) is 0 Å². The van der Waals surface area contributed by atoms with E-state index in [4.69, 9.17) is 9.97 Å². The zero-order chi connectivity index (χ0) is 33.0. The van der Waals surface area contributed by atoms with Gasteiger partial charge in [0.15, 0.2) is 0 Å². The first-order chi connectivity index (χ1) is 24.8. The number of para-hydroxylation sites is 4. The van der Waals surface area contributed by atoms with Crippen LogP contribution in [0.4, 0.5) is 17.3 Å². The third kappa shape index (κ3) is 4.54. The predicted octanol–water partition coefficient (Wildman–Crippen LogP) is 12.0. The Morgan fingerprint density at radius 2 is 1.04 bits per heavy atom. The smallest absolute Gasteiger partial charge is 0.235 e. The van der Waals surface area contributed by atoms with E-state index in [1.54, 1.807) is 0 Å². The number of nitrogens with zero attached hydrogens (tertiary/aromatic N) is 4. The SMILES string of the molecule is C1=Cc2cc(-c3ccc4c(c3)c3ccccc3n4-c3ccccc3)ccc2N(c2nc(-c3ccccc3)c3ccccc3n2)c2ccccc21. The number of aromatic nitrogens is 3. The van der Waals surface area contributed by atoms with Gasteiger partial charge in [-0.05, 0) is 76.9 Å². The maximum absolute atomic E-state index is 5.29. The normalized spacial score (nSPS) is 12.3. The molecule has 7 aromatic carbocycles. The third-order valence-corrected chi connectivity index (χ3v) is 9.75. The van der Waals surface area contributed by atoms with Crippen LogP contribution in [-0.2, 0) is 0 Å². The predicted molar refractivity (Wildman–Crippen MR) is 208 cm³/mol. The van der Waals surface area contributed by atoms with E-state index in [1.165, 1.54) is 27.4 Å². The third-order valence-electron chi connectivity index (χ3n) is 9.75. The van der Waals surface area contributed by atoms with E-state index in [2.05, 4.69) is 179 Å². The van der Waals surface area contributed by atoms with Crippen molar-refractivity contribution in [3.05, 3.63) is 181 Å². The van der Waals surface area contributed by atoms with Crippen LogP contribution in [0.5, 0.6) is 0 Å². The molecule has 234 valence electrons. The lowest BCUT2D eigenvalue weighted by molar-refractivity contribution is 1.11. The van der Waals surface area contributed by atoms with Crippen molar-refractivity contribution in [2.24, 2.45) is 0 Å². The summed E-state index contributed by atoms with van der Waals surface area (Å²) in [6.45, 7) is 0. The van der Waals surface area contributed by atoms with Gasteiger partial charge in [-0.25, -0.2) is 9.97 Å². The zero-order valence-corrected chi connectivity index (χ0v) is 27.1. The molecular formula is C46H30N4. The Kier molecular flexibility index (Phi) is 6.46. The average Bonchev–Trinajstić information content (AvgIpc) is 3.42. The summed E-state index contributed by atoms with van der Waals surface area (Å²) in [5.74, 6) is 0.642. The fourth-order valence-electron chi connectivity index (χ4n) is 7.42. The molecule has 50 heavy (non-hydrogen) atoms. The van der Waals surface area contributed by atoms with Crippen molar-refractivity contribution in [3.8, 4) is 28.1 Å². The maximum Gasteiger partial charge on any atom is 0.235 e. The lowest BCUT2D eigenvalue weighted by Gasteiger charge is -2.26. The van der Waals surface area contributed by atoms with Crippen LogP contribution >= 0.6 is 0 Å². The first-order valence-corrected chi connectivity index (χ1v) is 16.9. The molecule has 3 heterocycles. The van der Waals surface area contributed by atoms with Crippen LogP contribution in [0.25, 0.3) is 72.9 Å². The molecule has 9 aromatic rings. The Morgan fingerprint density at radius 3 is 1.92 bits per heavy atom. The minimum atomic E-state index is 0.642.